The Kier molecular flexibility index (Phi) is 7.89. The largest absolute Gasteiger partial charge is 0.494 e. The molecule has 2 aromatic carbocycles. The Bertz CT molecular complexity index is 749. The van der Waals surface area contributed by atoms with Gasteiger partial charge in [-0.2, -0.15) is 0 Å². The molecule has 0 spiro atoms. The highest BCUT2D eigenvalue weighted by atomic mass is 32.1. The van der Waals surface area contributed by atoms with Crippen LogP contribution in [0, 0.1) is 0 Å². The van der Waals surface area contributed by atoms with Crippen molar-refractivity contribution in [2.45, 2.75) is 26.7 Å². The minimum absolute atomic E-state index is 0.208. The fraction of sp³-hybridized carbons (Fsp3) is 0.300. The second-order valence-corrected chi connectivity index (χ2v) is 5.98. The molecule has 2 rings (SSSR count). The van der Waals surface area contributed by atoms with E-state index >= 15 is 0 Å². The number of carbonyl (C=O) groups is 1. The van der Waals surface area contributed by atoms with Crippen LogP contribution in [0.1, 0.15) is 37.0 Å². The Hall–Kier alpha value is -2.60. The molecule has 5 nitrogen and oxygen atoms in total. The number of para-hydroxylation sites is 2. The normalized spacial score (nSPS) is 10.1. The number of anilines is 1. The van der Waals surface area contributed by atoms with Gasteiger partial charge in [0, 0.05) is 5.56 Å². The number of benzene rings is 2. The van der Waals surface area contributed by atoms with Gasteiger partial charge < -0.3 is 14.8 Å². The number of hydrogen-bond acceptors (Lipinski definition) is 4. The summed E-state index contributed by atoms with van der Waals surface area (Å²) >= 11 is 5.24. The first-order valence-electron chi connectivity index (χ1n) is 8.71. The first kappa shape index (κ1) is 19.7. The summed E-state index contributed by atoms with van der Waals surface area (Å²) < 4.78 is 11.2. The van der Waals surface area contributed by atoms with Crippen LogP contribution in [0.3, 0.4) is 0 Å². The summed E-state index contributed by atoms with van der Waals surface area (Å²) in [5.41, 5.74) is 1.19. The summed E-state index contributed by atoms with van der Waals surface area (Å²) in [6.07, 6.45) is 2.03. The van der Waals surface area contributed by atoms with Gasteiger partial charge in [0.15, 0.2) is 5.11 Å². The highest BCUT2D eigenvalue weighted by Crippen LogP contribution is 2.23. The molecule has 6 heteroatoms. The highest BCUT2D eigenvalue weighted by molar-refractivity contribution is 7.80. The molecule has 0 fully saturated rings. The van der Waals surface area contributed by atoms with E-state index in [4.69, 9.17) is 21.7 Å². The topological polar surface area (TPSA) is 59.6 Å². The van der Waals surface area contributed by atoms with Crippen molar-refractivity contribution in [3.05, 3.63) is 54.1 Å². The summed E-state index contributed by atoms with van der Waals surface area (Å²) in [4.78, 5) is 12.4. The maximum Gasteiger partial charge on any atom is 0.257 e. The van der Waals surface area contributed by atoms with E-state index in [-0.39, 0.29) is 11.0 Å². The standard InChI is InChI=1S/C20H24N2O3S/c1-3-5-13-25-16-10-8-9-15(14-16)19(23)22-20(26)21-17-11-6-7-12-18(17)24-4-2/h6-12,14H,3-5,13H2,1-2H3,(H2,21,22,23,26). The molecule has 0 bridgehead atoms. The molecule has 0 aromatic heterocycles. The number of ether oxygens (including phenoxy) is 2. The molecular weight excluding hydrogens is 348 g/mol. The second-order valence-electron chi connectivity index (χ2n) is 5.57. The average molecular weight is 372 g/mol. The van der Waals surface area contributed by atoms with E-state index in [0.717, 1.165) is 12.8 Å². The molecule has 26 heavy (non-hydrogen) atoms. The van der Waals surface area contributed by atoms with E-state index in [1.165, 1.54) is 0 Å². The second kappa shape index (κ2) is 10.4. The van der Waals surface area contributed by atoms with Crippen LogP contribution in [0.5, 0.6) is 11.5 Å². The molecule has 2 N–H and O–H groups in total. The molecule has 0 aliphatic carbocycles. The van der Waals surface area contributed by atoms with E-state index in [0.29, 0.717) is 36.0 Å². The van der Waals surface area contributed by atoms with E-state index < -0.39 is 0 Å². The molecule has 0 aliphatic heterocycles. The van der Waals surface area contributed by atoms with Crippen molar-refractivity contribution in [3.8, 4) is 11.5 Å². The molecule has 0 saturated carbocycles. The Labute approximate surface area is 159 Å². The van der Waals surface area contributed by atoms with Crippen LogP contribution in [0.25, 0.3) is 0 Å². The van der Waals surface area contributed by atoms with Crippen LogP contribution >= 0.6 is 12.2 Å². The van der Waals surface area contributed by atoms with Crippen molar-refractivity contribution in [1.29, 1.82) is 0 Å². The lowest BCUT2D eigenvalue weighted by Gasteiger charge is -2.13. The summed E-state index contributed by atoms with van der Waals surface area (Å²) in [5.74, 6) is 1.06. The third kappa shape index (κ3) is 6.04. The zero-order valence-electron chi connectivity index (χ0n) is 15.1. The number of rotatable bonds is 8. The van der Waals surface area contributed by atoms with Gasteiger partial charge in [0.05, 0.1) is 18.9 Å². The predicted octanol–water partition coefficient (Wildman–Crippen LogP) is 4.39. The SMILES string of the molecule is CCCCOc1cccc(C(=O)NC(=S)Nc2ccccc2OCC)c1. The van der Waals surface area contributed by atoms with E-state index in [1.54, 1.807) is 18.2 Å². The molecule has 1 amide bonds. The molecule has 0 radical (unpaired) electrons. The van der Waals surface area contributed by atoms with Crippen molar-refractivity contribution < 1.29 is 14.3 Å². The molecule has 0 aliphatic rings. The lowest BCUT2D eigenvalue weighted by molar-refractivity contribution is 0.0977. The third-order valence-corrected chi connectivity index (χ3v) is 3.73. The van der Waals surface area contributed by atoms with Gasteiger partial charge in [-0.15, -0.1) is 0 Å². The van der Waals surface area contributed by atoms with Gasteiger partial charge in [-0.25, -0.2) is 0 Å². The first-order chi connectivity index (χ1) is 12.6. The molecule has 0 saturated heterocycles. The van der Waals surface area contributed by atoms with Gasteiger partial charge in [-0.1, -0.05) is 31.5 Å². The molecule has 138 valence electrons. The smallest absolute Gasteiger partial charge is 0.257 e. The third-order valence-electron chi connectivity index (χ3n) is 3.53. The fourth-order valence-electron chi connectivity index (χ4n) is 2.24. The van der Waals surface area contributed by atoms with Crippen LogP contribution in [0.4, 0.5) is 5.69 Å². The Balaban J connectivity index is 1.97. The Morgan fingerprint density at radius 2 is 1.88 bits per heavy atom. The molecule has 2 aromatic rings. The Morgan fingerprint density at radius 3 is 2.65 bits per heavy atom. The van der Waals surface area contributed by atoms with E-state index in [9.17, 15) is 4.79 Å². The minimum atomic E-state index is -0.294. The van der Waals surface area contributed by atoms with Crippen LogP contribution < -0.4 is 20.1 Å². The minimum Gasteiger partial charge on any atom is -0.494 e. The van der Waals surface area contributed by atoms with Crippen molar-refractivity contribution >= 4 is 28.9 Å². The van der Waals surface area contributed by atoms with Gasteiger partial charge in [0.25, 0.3) is 5.91 Å². The maximum atomic E-state index is 12.4. The number of amides is 1. The summed E-state index contributed by atoms with van der Waals surface area (Å²) in [5, 5.41) is 5.88. The lowest BCUT2D eigenvalue weighted by atomic mass is 10.2. The van der Waals surface area contributed by atoms with Crippen molar-refractivity contribution in [1.82, 2.24) is 5.32 Å². The van der Waals surface area contributed by atoms with Crippen LogP contribution in [-0.2, 0) is 0 Å². The maximum absolute atomic E-state index is 12.4. The zero-order chi connectivity index (χ0) is 18.8. The summed E-state index contributed by atoms with van der Waals surface area (Å²) in [6, 6.07) is 14.5. The molecule has 0 unspecified atom stereocenters. The predicted molar refractivity (Wildman–Crippen MR) is 108 cm³/mol. The highest BCUT2D eigenvalue weighted by Gasteiger charge is 2.11. The van der Waals surface area contributed by atoms with Gasteiger partial charge in [-0.3, -0.25) is 10.1 Å². The number of thiocarbonyl (C=S) groups is 1. The molecule has 0 heterocycles. The number of unbranched alkanes of at least 4 members (excludes halogenated alkanes) is 1. The quantitative estimate of drug-likeness (QED) is 0.532. The summed E-state index contributed by atoms with van der Waals surface area (Å²) in [6.45, 7) is 5.19. The molecule has 0 atom stereocenters. The van der Waals surface area contributed by atoms with Gasteiger partial charge in [0.2, 0.25) is 0 Å². The van der Waals surface area contributed by atoms with Crippen molar-refractivity contribution in [3.63, 3.8) is 0 Å². The van der Waals surface area contributed by atoms with Crippen LogP contribution in [-0.4, -0.2) is 24.2 Å². The monoisotopic (exact) mass is 372 g/mol. The van der Waals surface area contributed by atoms with Crippen LogP contribution in [0.2, 0.25) is 0 Å². The number of nitrogens with one attached hydrogen (secondary N) is 2. The van der Waals surface area contributed by atoms with Gasteiger partial charge in [0.1, 0.15) is 11.5 Å². The molecular formula is C20H24N2O3S. The average Bonchev–Trinajstić information content (AvgIpc) is 2.64. The van der Waals surface area contributed by atoms with Crippen molar-refractivity contribution in [2.24, 2.45) is 0 Å². The number of hydrogen-bond donors (Lipinski definition) is 2. The van der Waals surface area contributed by atoms with E-state index in [1.807, 2.05) is 37.3 Å². The zero-order valence-corrected chi connectivity index (χ0v) is 15.9. The van der Waals surface area contributed by atoms with E-state index in [2.05, 4.69) is 17.6 Å². The van der Waals surface area contributed by atoms with Gasteiger partial charge >= 0.3 is 0 Å². The van der Waals surface area contributed by atoms with Gasteiger partial charge in [-0.05, 0) is 55.9 Å². The fourth-order valence-corrected chi connectivity index (χ4v) is 2.44. The summed E-state index contributed by atoms with van der Waals surface area (Å²) in [7, 11) is 0. The number of carbonyl (C=O) groups excluding carboxylic acids is 1. The van der Waals surface area contributed by atoms with Crippen LogP contribution in [0.15, 0.2) is 48.5 Å². The van der Waals surface area contributed by atoms with Crippen molar-refractivity contribution in [2.75, 3.05) is 18.5 Å². The Morgan fingerprint density at radius 1 is 1.08 bits per heavy atom. The lowest BCUT2D eigenvalue weighted by Crippen LogP contribution is -2.34. The first-order valence-corrected chi connectivity index (χ1v) is 9.12.